The Morgan fingerprint density at radius 2 is 0.783 bits per heavy atom. The molecule has 1 amide bonds. The monoisotopic (exact) mass is 964 g/mol. The van der Waals surface area contributed by atoms with Crippen LogP contribution >= 0.6 is 0 Å². The zero-order valence-electron chi connectivity index (χ0n) is 45.7. The number of aliphatic hydroxyl groups excluding tert-OH is 2. The van der Waals surface area contributed by atoms with Crippen LogP contribution in [0.4, 0.5) is 0 Å². The number of allylic oxidation sites excluding steroid dienone is 12. The van der Waals surface area contributed by atoms with Gasteiger partial charge in [0.15, 0.2) is 0 Å². The van der Waals surface area contributed by atoms with Gasteiger partial charge < -0.3 is 20.3 Å². The van der Waals surface area contributed by atoms with E-state index < -0.39 is 18.2 Å². The lowest BCUT2D eigenvalue weighted by Crippen LogP contribution is -2.46. The second kappa shape index (κ2) is 56.2. The van der Waals surface area contributed by atoms with E-state index in [1.54, 1.807) is 0 Å². The Balaban J connectivity index is 4.59. The number of hydrogen-bond donors (Lipinski definition) is 3. The van der Waals surface area contributed by atoms with E-state index in [9.17, 15) is 19.8 Å². The Bertz CT molecular complexity index is 1270. The van der Waals surface area contributed by atoms with E-state index >= 15 is 0 Å². The molecule has 3 atom stereocenters. The van der Waals surface area contributed by atoms with E-state index in [1.165, 1.54) is 135 Å². The molecule has 0 spiro atoms. The predicted octanol–water partition coefficient (Wildman–Crippen LogP) is 18.5. The molecular formula is C63H113NO5. The van der Waals surface area contributed by atoms with E-state index in [2.05, 4.69) is 99.0 Å². The number of aliphatic hydroxyl groups is 2. The number of esters is 1. The van der Waals surface area contributed by atoms with Crippen molar-refractivity contribution in [2.75, 3.05) is 6.61 Å². The summed E-state index contributed by atoms with van der Waals surface area (Å²) >= 11 is 0. The molecule has 0 aromatic rings. The Kier molecular flexibility index (Phi) is 54.0. The summed E-state index contributed by atoms with van der Waals surface area (Å²) in [5.41, 5.74) is 0. The van der Waals surface area contributed by atoms with Gasteiger partial charge in [-0.3, -0.25) is 9.59 Å². The molecule has 3 N–H and O–H groups in total. The third-order valence-corrected chi connectivity index (χ3v) is 13.3. The third kappa shape index (κ3) is 51.5. The first kappa shape index (κ1) is 66.3. The maximum atomic E-state index is 13.3. The molecule has 0 aliphatic carbocycles. The van der Waals surface area contributed by atoms with Crippen molar-refractivity contribution in [3.8, 4) is 0 Å². The zero-order chi connectivity index (χ0) is 50.2. The second-order valence-electron chi connectivity index (χ2n) is 20.0. The van der Waals surface area contributed by atoms with Crippen LogP contribution in [-0.2, 0) is 14.3 Å². The van der Waals surface area contributed by atoms with Crippen molar-refractivity contribution in [2.45, 2.75) is 309 Å². The van der Waals surface area contributed by atoms with Gasteiger partial charge in [-0.1, -0.05) is 254 Å². The van der Waals surface area contributed by atoms with Gasteiger partial charge in [-0.2, -0.15) is 0 Å². The SMILES string of the molecule is CC/C=C\C/C=C\C/C=C\C/C=C\C/C=C\CCCCCC(=O)OC(CCCCC/C=C/CCCCCCCCC)CC(=O)NC(CO)C(O)CCCCCCCCCCCCCCCCCCC. The number of rotatable bonds is 53. The summed E-state index contributed by atoms with van der Waals surface area (Å²) < 4.78 is 5.94. The van der Waals surface area contributed by atoms with E-state index in [-0.39, 0.29) is 24.9 Å². The van der Waals surface area contributed by atoms with Gasteiger partial charge in [0.1, 0.15) is 6.10 Å². The number of unbranched alkanes of at least 4 members (excludes halogenated alkanes) is 29. The summed E-state index contributed by atoms with van der Waals surface area (Å²) in [6.45, 7) is 6.38. The number of carbonyl (C=O) groups excluding carboxylic acids is 2. The van der Waals surface area contributed by atoms with Crippen LogP contribution in [0.5, 0.6) is 0 Å². The van der Waals surface area contributed by atoms with Gasteiger partial charge in [-0.15, -0.1) is 0 Å². The molecular weight excluding hydrogens is 851 g/mol. The third-order valence-electron chi connectivity index (χ3n) is 13.3. The first-order chi connectivity index (χ1) is 34.0. The van der Waals surface area contributed by atoms with Crippen molar-refractivity contribution >= 4 is 11.9 Å². The fraction of sp³-hybridized carbons (Fsp3) is 0.778. The predicted molar refractivity (Wildman–Crippen MR) is 301 cm³/mol. The Hall–Kier alpha value is -2.70. The van der Waals surface area contributed by atoms with Crippen molar-refractivity contribution in [1.29, 1.82) is 0 Å². The highest BCUT2D eigenvalue weighted by Crippen LogP contribution is 2.18. The Labute approximate surface area is 428 Å². The molecule has 69 heavy (non-hydrogen) atoms. The molecule has 6 nitrogen and oxygen atoms in total. The van der Waals surface area contributed by atoms with Crippen LogP contribution in [-0.4, -0.2) is 46.9 Å². The first-order valence-electron chi connectivity index (χ1n) is 29.7. The summed E-state index contributed by atoms with van der Waals surface area (Å²) in [5, 5.41) is 23.9. The van der Waals surface area contributed by atoms with E-state index in [4.69, 9.17) is 4.74 Å². The highest BCUT2D eigenvalue weighted by molar-refractivity contribution is 5.77. The summed E-state index contributed by atoms with van der Waals surface area (Å²) in [4.78, 5) is 26.3. The molecule has 0 heterocycles. The quantitative estimate of drug-likeness (QED) is 0.0321. The molecule has 3 unspecified atom stereocenters. The summed E-state index contributed by atoms with van der Waals surface area (Å²) in [6.07, 6.45) is 72.5. The molecule has 6 heteroatoms. The van der Waals surface area contributed by atoms with Gasteiger partial charge in [0.2, 0.25) is 5.91 Å². The Morgan fingerprint density at radius 3 is 1.22 bits per heavy atom. The fourth-order valence-corrected chi connectivity index (χ4v) is 8.81. The van der Waals surface area contributed by atoms with Gasteiger partial charge in [0.25, 0.3) is 0 Å². The topological polar surface area (TPSA) is 95.9 Å². The molecule has 0 fully saturated rings. The van der Waals surface area contributed by atoms with Gasteiger partial charge in [0, 0.05) is 6.42 Å². The van der Waals surface area contributed by atoms with Crippen molar-refractivity contribution in [1.82, 2.24) is 5.32 Å². The lowest BCUT2D eigenvalue weighted by Gasteiger charge is -2.24. The first-order valence-corrected chi connectivity index (χ1v) is 29.7. The summed E-state index contributed by atoms with van der Waals surface area (Å²) in [7, 11) is 0. The molecule has 0 aliphatic heterocycles. The largest absolute Gasteiger partial charge is 0.462 e. The fourth-order valence-electron chi connectivity index (χ4n) is 8.81. The van der Waals surface area contributed by atoms with Gasteiger partial charge in [-0.25, -0.2) is 0 Å². The molecule has 0 saturated heterocycles. The van der Waals surface area contributed by atoms with Crippen LogP contribution in [0.15, 0.2) is 72.9 Å². The van der Waals surface area contributed by atoms with Crippen LogP contribution in [0.2, 0.25) is 0 Å². The second-order valence-corrected chi connectivity index (χ2v) is 20.0. The average molecular weight is 965 g/mol. The highest BCUT2D eigenvalue weighted by atomic mass is 16.5. The molecule has 0 saturated carbocycles. The standard InChI is InChI=1S/C63H113NO5/c1-4-7-10-13-16-19-22-25-28-30-31-33-35-38-41-44-47-50-53-56-63(68)69-59(54-51-48-45-42-39-36-27-24-21-18-15-12-9-6-3)57-62(67)64-60(58-65)61(66)55-52-49-46-43-40-37-34-32-29-26-23-20-17-14-11-8-5-2/h7,10,16,19,25,28,31,33,36,38-39,41,59-61,65-66H,4-6,8-9,11-15,17-18,20-24,26-27,29-30,32,34-35,37,40,42-58H2,1-3H3,(H,64,67)/b10-7-,19-16-,28-25-,33-31-,39-36+,41-38-. The van der Waals surface area contributed by atoms with Crippen molar-refractivity contribution in [3.63, 3.8) is 0 Å². The van der Waals surface area contributed by atoms with Crippen molar-refractivity contribution in [3.05, 3.63) is 72.9 Å². The number of ether oxygens (including phenoxy) is 1. The Morgan fingerprint density at radius 1 is 0.435 bits per heavy atom. The molecule has 0 radical (unpaired) electrons. The smallest absolute Gasteiger partial charge is 0.306 e. The zero-order valence-corrected chi connectivity index (χ0v) is 45.7. The number of hydrogen-bond acceptors (Lipinski definition) is 5. The van der Waals surface area contributed by atoms with Crippen molar-refractivity contribution < 1.29 is 24.5 Å². The lowest BCUT2D eigenvalue weighted by molar-refractivity contribution is -0.151. The number of amides is 1. The minimum atomic E-state index is -0.801. The molecule has 0 bridgehead atoms. The average Bonchev–Trinajstić information content (AvgIpc) is 3.34. The minimum Gasteiger partial charge on any atom is -0.462 e. The molecule has 0 aromatic heterocycles. The van der Waals surface area contributed by atoms with E-state index in [0.29, 0.717) is 19.3 Å². The van der Waals surface area contributed by atoms with Crippen LogP contribution in [0.25, 0.3) is 0 Å². The van der Waals surface area contributed by atoms with Gasteiger partial charge in [-0.05, 0) is 96.3 Å². The van der Waals surface area contributed by atoms with Crippen LogP contribution in [0, 0.1) is 0 Å². The van der Waals surface area contributed by atoms with Gasteiger partial charge >= 0.3 is 5.97 Å². The van der Waals surface area contributed by atoms with Gasteiger partial charge in [0.05, 0.1) is 25.2 Å². The normalized spacial score (nSPS) is 13.6. The van der Waals surface area contributed by atoms with Crippen molar-refractivity contribution in [2.24, 2.45) is 0 Å². The maximum Gasteiger partial charge on any atom is 0.306 e. The molecule has 0 aliphatic rings. The van der Waals surface area contributed by atoms with E-state index in [0.717, 1.165) is 109 Å². The lowest BCUT2D eigenvalue weighted by atomic mass is 10.0. The molecule has 0 aromatic carbocycles. The highest BCUT2D eigenvalue weighted by Gasteiger charge is 2.24. The van der Waals surface area contributed by atoms with Crippen LogP contribution in [0.1, 0.15) is 290 Å². The summed E-state index contributed by atoms with van der Waals surface area (Å²) in [6, 6.07) is -0.717. The maximum absolute atomic E-state index is 13.3. The van der Waals surface area contributed by atoms with E-state index in [1.807, 2.05) is 0 Å². The number of carbonyl (C=O) groups is 2. The molecule has 0 rings (SSSR count). The van der Waals surface area contributed by atoms with Crippen LogP contribution < -0.4 is 5.32 Å². The minimum absolute atomic E-state index is 0.0521. The molecule has 400 valence electrons. The number of nitrogens with one attached hydrogen (secondary N) is 1. The van der Waals surface area contributed by atoms with Crippen LogP contribution in [0.3, 0.4) is 0 Å². The summed E-state index contributed by atoms with van der Waals surface area (Å²) in [5.74, 6) is -0.521.